The van der Waals surface area contributed by atoms with Gasteiger partial charge in [0.2, 0.25) is 0 Å². The zero-order valence-electron chi connectivity index (χ0n) is 37.8. The van der Waals surface area contributed by atoms with E-state index in [1.54, 1.807) is 0 Å². The second-order valence-electron chi connectivity index (χ2n) is 18.6. The molecule has 0 aromatic heterocycles. The van der Waals surface area contributed by atoms with E-state index < -0.39 is 0 Å². The van der Waals surface area contributed by atoms with Crippen molar-refractivity contribution in [2.45, 2.75) is 213 Å². The van der Waals surface area contributed by atoms with Crippen LogP contribution < -0.4 is 71.9 Å². The van der Waals surface area contributed by atoms with Crippen LogP contribution in [-0.2, 0) is 0 Å². The average molecular weight is 1070 g/mol. The Morgan fingerprint density at radius 1 is 0.196 bits per heavy atom. The van der Waals surface area contributed by atoms with Gasteiger partial charge in [-0.1, -0.05) is 175 Å². The zero-order chi connectivity index (χ0) is 36.8. The summed E-state index contributed by atoms with van der Waals surface area (Å²) in [7, 11) is 20.6. The summed E-state index contributed by atoms with van der Waals surface area (Å²) < 4.78 is 3.37. The van der Waals surface area contributed by atoms with Crippen molar-refractivity contribution in [2.24, 2.45) is 0 Å². The Labute approximate surface area is 378 Å². The minimum Gasteiger partial charge on any atom is -1.00 e. The Bertz CT molecular complexity index is 502. The van der Waals surface area contributed by atoms with Crippen LogP contribution >= 0.6 is 0 Å². The van der Waals surface area contributed by atoms with Gasteiger partial charge in [-0.15, -0.1) is 0 Å². The summed E-state index contributed by atoms with van der Waals surface area (Å²) in [5, 5.41) is 0. The van der Waals surface area contributed by atoms with Crippen LogP contribution in [0.3, 0.4) is 0 Å². The third-order valence-electron chi connectivity index (χ3n) is 9.55. The fourth-order valence-electron chi connectivity index (χ4n) is 6.22. The van der Waals surface area contributed by atoms with Gasteiger partial charge in [0, 0.05) is 0 Å². The molecule has 318 valence electrons. The first-order valence-electron chi connectivity index (χ1n) is 22.1. The number of rotatable bonds is 33. The summed E-state index contributed by atoms with van der Waals surface area (Å²) in [5.74, 6) is 0. The van der Waals surface area contributed by atoms with Crippen LogP contribution in [-0.4, -0.2) is 96.5 Å². The predicted molar refractivity (Wildman–Crippen MR) is 224 cm³/mol. The Kier molecular flexibility index (Phi) is 61.4. The van der Waals surface area contributed by atoms with Crippen LogP contribution in [0.2, 0.25) is 0 Å². The first-order chi connectivity index (χ1) is 22.7. The second kappa shape index (κ2) is 48.2. The Morgan fingerprint density at radius 3 is 0.431 bits per heavy atom. The Hall–Kier alpha value is 2.07. The standard InChI is InChI=1S/3C15H34N.3HI/c3*1-5-6-7-8-9-10-11-12-13-14-15-16(2,3)4;;;/h3*5-15H2,1-4H3;3*1H/q3*+1;;;/p-3. The molecule has 0 unspecified atom stereocenters. The molecule has 0 aliphatic heterocycles. The van der Waals surface area contributed by atoms with Gasteiger partial charge in [-0.3, -0.25) is 0 Å². The number of quaternary nitrogens is 3. The highest BCUT2D eigenvalue weighted by molar-refractivity contribution is 4.49. The lowest BCUT2D eigenvalue weighted by atomic mass is 10.1. The summed E-state index contributed by atoms with van der Waals surface area (Å²) in [4.78, 5) is 0. The molecule has 0 saturated carbocycles. The highest BCUT2D eigenvalue weighted by Gasteiger charge is 2.06. The molecule has 0 bridgehead atoms. The van der Waals surface area contributed by atoms with E-state index in [-0.39, 0.29) is 71.9 Å². The first kappa shape index (κ1) is 64.9. The van der Waals surface area contributed by atoms with Crippen molar-refractivity contribution in [1.82, 2.24) is 0 Å². The smallest absolute Gasteiger partial charge is 0.0780 e. The third kappa shape index (κ3) is 77.4. The maximum atomic E-state index is 2.29. The fourth-order valence-corrected chi connectivity index (χ4v) is 6.22. The molecule has 0 fully saturated rings. The van der Waals surface area contributed by atoms with Gasteiger partial charge >= 0.3 is 0 Å². The highest BCUT2D eigenvalue weighted by atomic mass is 127. The number of hydrogen-bond donors (Lipinski definition) is 0. The topological polar surface area (TPSA) is 0 Å². The average Bonchev–Trinajstić information content (AvgIpc) is 2.99. The van der Waals surface area contributed by atoms with Gasteiger partial charge < -0.3 is 85.4 Å². The zero-order valence-corrected chi connectivity index (χ0v) is 44.3. The number of nitrogens with zero attached hydrogens (tertiary/aromatic N) is 3. The summed E-state index contributed by atoms with van der Waals surface area (Å²) in [6.45, 7) is 10.8. The summed E-state index contributed by atoms with van der Waals surface area (Å²) in [5.41, 5.74) is 0. The van der Waals surface area contributed by atoms with E-state index in [2.05, 4.69) is 84.2 Å². The summed E-state index contributed by atoms with van der Waals surface area (Å²) in [6, 6.07) is 0. The van der Waals surface area contributed by atoms with E-state index in [9.17, 15) is 0 Å². The van der Waals surface area contributed by atoms with Crippen LogP contribution in [0.4, 0.5) is 0 Å². The lowest BCUT2D eigenvalue weighted by Gasteiger charge is -2.23. The van der Waals surface area contributed by atoms with E-state index in [0.29, 0.717) is 0 Å². The predicted octanol–water partition coefficient (Wildman–Crippen LogP) is 4.85. The van der Waals surface area contributed by atoms with Crippen LogP contribution in [0.5, 0.6) is 0 Å². The van der Waals surface area contributed by atoms with Crippen molar-refractivity contribution in [1.29, 1.82) is 0 Å². The van der Waals surface area contributed by atoms with Crippen LogP contribution in [0.1, 0.15) is 213 Å². The largest absolute Gasteiger partial charge is 1.00 e. The number of hydrogen-bond acceptors (Lipinski definition) is 0. The molecule has 0 radical (unpaired) electrons. The molecule has 0 N–H and O–H groups in total. The number of halogens is 3. The molecule has 0 aliphatic rings. The molecule has 0 aromatic rings. The van der Waals surface area contributed by atoms with E-state index in [0.717, 1.165) is 13.4 Å². The molecule has 0 heterocycles. The van der Waals surface area contributed by atoms with E-state index >= 15 is 0 Å². The van der Waals surface area contributed by atoms with Crippen molar-refractivity contribution in [2.75, 3.05) is 83.1 Å². The van der Waals surface area contributed by atoms with Gasteiger partial charge in [0.15, 0.2) is 0 Å². The third-order valence-corrected chi connectivity index (χ3v) is 9.55. The van der Waals surface area contributed by atoms with E-state index in [4.69, 9.17) is 0 Å². The van der Waals surface area contributed by atoms with E-state index in [1.165, 1.54) is 212 Å². The molecular formula is C45H102I3N3. The van der Waals surface area contributed by atoms with Crippen molar-refractivity contribution in [3.05, 3.63) is 0 Å². The molecule has 6 heteroatoms. The van der Waals surface area contributed by atoms with Crippen molar-refractivity contribution in [3.63, 3.8) is 0 Å². The molecule has 0 rings (SSSR count). The normalized spacial score (nSPS) is 11.3. The lowest BCUT2D eigenvalue weighted by molar-refractivity contribution is -0.870. The minimum atomic E-state index is 0. The van der Waals surface area contributed by atoms with E-state index in [1.807, 2.05) is 0 Å². The first-order valence-corrected chi connectivity index (χ1v) is 22.1. The minimum absolute atomic E-state index is 0. The molecule has 0 aliphatic carbocycles. The molecule has 0 saturated heterocycles. The van der Waals surface area contributed by atoms with Crippen LogP contribution in [0.15, 0.2) is 0 Å². The molecule has 0 atom stereocenters. The Balaban J connectivity index is -0.000000145. The van der Waals surface area contributed by atoms with Gasteiger partial charge in [-0.2, -0.15) is 0 Å². The van der Waals surface area contributed by atoms with Gasteiger partial charge in [0.05, 0.1) is 83.1 Å². The quantitative estimate of drug-likeness (QED) is 0.0502. The Morgan fingerprint density at radius 2 is 0.314 bits per heavy atom. The molecular weight excluding hydrogens is 963 g/mol. The molecule has 51 heavy (non-hydrogen) atoms. The van der Waals surface area contributed by atoms with Gasteiger partial charge in [-0.25, -0.2) is 0 Å². The highest BCUT2D eigenvalue weighted by Crippen LogP contribution is 2.13. The lowest BCUT2D eigenvalue weighted by Crippen LogP contribution is -3.00. The number of unbranched alkanes of at least 4 members (excludes halogenated alkanes) is 27. The molecule has 0 amide bonds. The second-order valence-corrected chi connectivity index (χ2v) is 18.6. The molecule has 0 aromatic carbocycles. The monoisotopic (exact) mass is 1070 g/mol. The van der Waals surface area contributed by atoms with Crippen LogP contribution in [0.25, 0.3) is 0 Å². The van der Waals surface area contributed by atoms with Crippen molar-refractivity contribution < 1.29 is 85.4 Å². The summed E-state index contributed by atoms with van der Waals surface area (Å²) >= 11 is 0. The van der Waals surface area contributed by atoms with Crippen molar-refractivity contribution >= 4 is 0 Å². The molecule has 0 spiro atoms. The maximum Gasteiger partial charge on any atom is 0.0780 e. The fraction of sp³-hybridized carbons (Fsp3) is 1.00. The van der Waals surface area contributed by atoms with Gasteiger partial charge in [0.1, 0.15) is 0 Å². The van der Waals surface area contributed by atoms with Crippen LogP contribution in [0, 0.1) is 0 Å². The maximum absolute atomic E-state index is 2.29. The SMILES string of the molecule is CCCCCCCCCCCC[N+](C)(C)C.CCCCCCCCCCCC[N+](C)(C)C.CCCCCCCCCCCC[N+](C)(C)C.[I-].[I-].[I-]. The molecule has 3 nitrogen and oxygen atoms in total. The van der Waals surface area contributed by atoms with Gasteiger partial charge in [-0.05, 0) is 38.5 Å². The van der Waals surface area contributed by atoms with Gasteiger partial charge in [0.25, 0.3) is 0 Å². The van der Waals surface area contributed by atoms with Crippen molar-refractivity contribution in [3.8, 4) is 0 Å². The summed E-state index contributed by atoms with van der Waals surface area (Å²) in [6.07, 6.45) is 43.2.